The Morgan fingerprint density at radius 2 is 1.97 bits per heavy atom. The van der Waals surface area contributed by atoms with Crippen molar-refractivity contribution in [3.05, 3.63) is 56.9 Å². The van der Waals surface area contributed by atoms with Gasteiger partial charge in [-0.05, 0) is 23.9 Å². The smallest absolute Gasteiger partial charge is 0.332 e. The molecule has 1 fully saturated rings. The first-order valence-corrected chi connectivity index (χ1v) is 10.2. The molecule has 1 amide bonds. The van der Waals surface area contributed by atoms with E-state index in [2.05, 4.69) is 20.6 Å². The molecule has 3 aromatic heterocycles. The highest BCUT2D eigenvalue weighted by molar-refractivity contribution is 5.80. The fourth-order valence-electron chi connectivity index (χ4n) is 4.14. The molecule has 4 aromatic rings. The first-order valence-electron chi connectivity index (χ1n) is 10.2. The van der Waals surface area contributed by atoms with Crippen LogP contribution in [0.15, 0.2) is 39.9 Å². The summed E-state index contributed by atoms with van der Waals surface area (Å²) in [6, 6.07) is 9.76. The van der Waals surface area contributed by atoms with Gasteiger partial charge in [-0.15, -0.1) is 0 Å². The lowest BCUT2D eigenvalue weighted by atomic mass is 10.1. The maximum Gasteiger partial charge on any atom is 0.332 e. The Labute approximate surface area is 176 Å². The van der Waals surface area contributed by atoms with Gasteiger partial charge in [0.1, 0.15) is 0 Å². The molecule has 0 saturated carbocycles. The van der Waals surface area contributed by atoms with Gasteiger partial charge < -0.3 is 20.2 Å². The molecule has 0 spiro atoms. The van der Waals surface area contributed by atoms with Crippen LogP contribution in [0.1, 0.15) is 18.5 Å². The van der Waals surface area contributed by atoms with Gasteiger partial charge in [-0.25, -0.2) is 4.79 Å². The zero-order chi connectivity index (χ0) is 21.7. The van der Waals surface area contributed by atoms with Gasteiger partial charge in [0.2, 0.25) is 11.9 Å². The number of para-hydroxylation sites is 1. The van der Waals surface area contributed by atoms with Crippen molar-refractivity contribution in [3.63, 3.8) is 0 Å². The van der Waals surface area contributed by atoms with Crippen molar-refractivity contribution in [1.82, 2.24) is 29.0 Å². The molecule has 1 aliphatic heterocycles. The van der Waals surface area contributed by atoms with Gasteiger partial charge in [-0.2, -0.15) is 4.98 Å². The second-order valence-corrected chi connectivity index (χ2v) is 7.97. The number of H-pyrrole nitrogens is 1. The number of piperidine rings is 1. The Morgan fingerprint density at radius 1 is 1.16 bits per heavy atom. The number of hydrogen-bond acceptors (Lipinski definition) is 5. The highest BCUT2D eigenvalue weighted by Crippen LogP contribution is 2.18. The van der Waals surface area contributed by atoms with E-state index in [1.165, 1.54) is 9.13 Å². The van der Waals surface area contributed by atoms with Gasteiger partial charge in [-0.3, -0.25) is 18.7 Å². The fraction of sp³-hybridized carbons (Fsp3) is 0.333. The maximum absolute atomic E-state index is 13.3. The SMILES string of the molecule is Cn1c(NC2CCC(=O)NC2)nc2c1c(=O)n(Cc1cc3ccccc3[nH]1)c(=O)n2C. The molecule has 1 unspecified atom stereocenters. The van der Waals surface area contributed by atoms with Crippen molar-refractivity contribution < 1.29 is 4.79 Å². The van der Waals surface area contributed by atoms with Crippen LogP contribution in [0.3, 0.4) is 0 Å². The highest BCUT2D eigenvalue weighted by atomic mass is 16.2. The zero-order valence-corrected chi connectivity index (χ0v) is 17.3. The van der Waals surface area contributed by atoms with Crippen molar-refractivity contribution in [2.45, 2.75) is 25.4 Å². The lowest BCUT2D eigenvalue weighted by Gasteiger charge is -2.23. The van der Waals surface area contributed by atoms with E-state index in [0.29, 0.717) is 36.5 Å². The van der Waals surface area contributed by atoms with Gasteiger partial charge in [0.15, 0.2) is 11.2 Å². The second-order valence-electron chi connectivity index (χ2n) is 7.97. The molecule has 1 atom stereocenters. The van der Waals surface area contributed by atoms with Crippen molar-refractivity contribution in [2.24, 2.45) is 14.1 Å². The average molecular weight is 421 g/mol. The molecule has 10 nitrogen and oxygen atoms in total. The monoisotopic (exact) mass is 421 g/mol. The van der Waals surface area contributed by atoms with Crippen LogP contribution in [0.2, 0.25) is 0 Å². The van der Waals surface area contributed by atoms with E-state index in [0.717, 1.165) is 16.6 Å². The predicted molar refractivity (Wildman–Crippen MR) is 117 cm³/mol. The predicted octanol–water partition coefficient (Wildman–Crippen LogP) is 0.654. The van der Waals surface area contributed by atoms with Gasteiger partial charge in [-0.1, -0.05) is 18.2 Å². The molecular formula is C21H23N7O3. The summed E-state index contributed by atoms with van der Waals surface area (Å²) in [5.41, 5.74) is 1.59. The molecular weight excluding hydrogens is 398 g/mol. The van der Waals surface area contributed by atoms with E-state index in [-0.39, 0.29) is 18.5 Å². The first kappa shape index (κ1) is 19.2. The second kappa shape index (κ2) is 7.15. The van der Waals surface area contributed by atoms with E-state index in [4.69, 9.17) is 0 Å². The number of nitrogens with zero attached hydrogens (tertiary/aromatic N) is 4. The number of amides is 1. The molecule has 3 N–H and O–H groups in total. The van der Waals surface area contributed by atoms with E-state index in [1.807, 2.05) is 30.3 Å². The number of hydrogen-bond donors (Lipinski definition) is 3. The minimum atomic E-state index is -0.425. The summed E-state index contributed by atoms with van der Waals surface area (Å²) in [6.07, 6.45) is 1.12. The number of aryl methyl sites for hydroxylation is 2. The number of aromatic amines is 1. The van der Waals surface area contributed by atoms with Gasteiger partial charge in [0.25, 0.3) is 5.56 Å². The molecule has 5 rings (SSSR count). The van der Waals surface area contributed by atoms with Crippen molar-refractivity contribution in [3.8, 4) is 0 Å². The summed E-state index contributed by atoms with van der Waals surface area (Å²) in [5.74, 6) is 0.525. The van der Waals surface area contributed by atoms with Crippen molar-refractivity contribution in [1.29, 1.82) is 0 Å². The fourth-order valence-corrected chi connectivity index (χ4v) is 4.14. The van der Waals surface area contributed by atoms with E-state index in [1.54, 1.807) is 18.7 Å². The standard InChI is InChI=1S/C21H23N7O3/c1-26-17-18(25-20(26)24-13-7-8-16(29)22-10-13)27(2)21(31)28(19(17)30)11-14-9-12-5-3-4-6-15(12)23-14/h3-6,9,13,23H,7-8,10-11H2,1-2H3,(H,22,29)(H,24,25). The first-order chi connectivity index (χ1) is 14.9. The summed E-state index contributed by atoms with van der Waals surface area (Å²) in [4.78, 5) is 45.4. The number of carbonyl (C=O) groups is 1. The molecule has 1 aliphatic rings. The lowest BCUT2D eigenvalue weighted by molar-refractivity contribution is -0.122. The van der Waals surface area contributed by atoms with Crippen LogP contribution >= 0.6 is 0 Å². The molecule has 31 heavy (non-hydrogen) atoms. The Bertz CT molecular complexity index is 1400. The molecule has 1 aromatic carbocycles. The zero-order valence-electron chi connectivity index (χ0n) is 17.3. The summed E-state index contributed by atoms with van der Waals surface area (Å²) < 4.78 is 4.29. The number of rotatable bonds is 4. The largest absolute Gasteiger partial charge is 0.357 e. The average Bonchev–Trinajstić information content (AvgIpc) is 3.32. The van der Waals surface area contributed by atoms with Crippen molar-refractivity contribution in [2.75, 3.05) is 11.9 Å². The van der Waals surface area contributed by atoms with Crippen LogP contribution in [0, 0.1) is 0 Å². The topological polar surface area (TPSA) is 119 Å². The minimum absolute atomic E-state index is 0.0128. The molecule has 4 heterocycles. The highest BCUT2D eigenvalue weighted by Gasteiger charge is 2.23. The number of anilines is 1. The number of fused-ring (bicyclic) bond motifs is 2. The van der Waals surface area contributed by atoms with E-state index < -0.39 is 11.2 Å². The Hall–Kier alpha value is -3.82. The van der Waals surface area contributed by atoms with Crippen LogP contribution in [0.4, 0.5) is 5.95 Å². The summed E-state index contributed by atoms with van der Waals surface area (Å²) in [6.45, 7) is 0.629. The number of imidazole rings is 1. The quantitative estimate of drug-likeness (QED) is 0.447. The van der Waals surface area contributed by atoms with Gasteiger partial charge in [0, 0.05) is 44.3 Å². The third kappa shape index (κ3) is 3.20. The van der Waals surface area contributed by atoms with Crippen LogP contribution in [-0.4, -0.2) is 42.2 Å². The van der Waals surface area contributed by atoms with Crippen LogP contribution in [0.25, 0.3) is 22.1 Å². The van der Waals surface area contributed by atoms with E-state index in [9.17, 15) is 14.4 Å². The lowest BCUT2D eigenvalue weighted by Crippen LogP contribution is -2.42. The van der Waals surface area contributed by atoms with Crippen LogP contribution in [0.5, 0.6) is 0 Å². The number of nitrogens with one attached hydrogen (secondary N) is 3. The summed E-state index contributed by atoms with van der Waals surface area (Å²) in [7, 11) is 3.36. The Balaban J connectivity index is 1.55. The molecule has 0 aliphatic carbocycles. The molecule has 0 radical (unpaired) electrons. The minimum Gasteiger partial charge on any atom is -0.357 e. The van der Waals surface area contributed by atoms with Crippen LogP contribution < -0.4 is 21.9 Å². The van der Waals surface area contributed by atoms with Crippen molar-refractivity contribution >= 4 is 33.9 Å². The molecule has 160 valence electrons. The number of carbonyl (C=O) groups excluding carboxylic acids is 1. The molecule has 10 heteroatoms. The normalized spacial score (nSPS) is 16.7. The Kier molecular flexibility index (Phi) is 4.42. The third-order valence-corrected chi connectivity index (χ3v) is 5.87. The number of aromatic nitrogens is 5. The number of benzene rings is 1. The maximum atomic E-state index is 13.3. The summed E-state index contributed by atoms with van der Waals surface area (Å²) >= 11 is 0. The molecule has 0 bridgehead atoms. The van der Waals surface area contributed by atoms with Crippen LogP contribution in [-0.2, 0) is 25.4 Å². The third-order valence-electron chi connectivity index (χ3n) is 5.87. The van der Waals surface area contributed by atoms with E-state index >= 15 is 0 Å². The summed E-state index contributed by atoms with van der Waals surface area (Å²) in [5, 5.41) is 7.13. The van der Waals surface area contributed by atoms with Gasteiger partial charge >= 0.3 is 5.69 Å². The Morgan fingerprint density at radius 3 is 2.71 bits per heavy atom. The molecule has 1 saturated heterocycles. The van der Waals surface area contributed by atoms with Gasteiger partial charge in [0.05, 0.1) is 6.54 Å².